The number of nitrogens with one attached hydrogen (secondary N) is 1. The molecule has 0 saturated carbocycles. The summed E-state index contributed by atoms with van der Waals surface area (Å²) in [5, 5.41) is 3.38. The van der Waals surface area contributed by atoms with Gasteiger partial charge >= 0.3 is 6.09 Å². The van der Waals surface area contributed by atoms with Crippen LogP contribution in [-0.4, -0.2) is 62.6 Å². The number of hydrogen-bond acceptors (Lipinski definition) is 5. The van der Waals surface area contributed by atoms with E-state index in [9.17, 15) is 4.79 Å². The summed E-state index contributed by atoms with van der Waals surface area (Å²) >= 11 is 1.98. The third-order valence-electron chi connectivity index (χ3n) is 4.59. The molecule has 2 rings (SSSR count). The van der Waals surface area contributed by atoms with Crippen molar-refractivity contribution in [3.8, 4) is 0 Å². The van der Waals surface area contributed by atoms with E-state index in [0.29, 0.717) is 11.8 Å². The lowest BCUT2D eigenvalue weighted by Gasteiger charge is -2.37. The molecule has 1 atom stereocenters. The normalized spacial score (nSPS) is 16.5. The fourth-order valence-corrected chi connectivity index (χ4v) is 3.97. The van der Waals surface area contributed by atoms with E-state index in [1.54, 1.807) is 0 Å². The highest BCUT2D eigenvalue weighted by atomic mass is 32.2. The molecule has 0 aromatic heterocycles. The summed E-state index contributed by atoms with van der Waals surface area (Å²) in [7, 11) is 1.39. The Morgan fingerprint density at radius 2 is 2.00 bits per heavy atom. The van der Waals surface area contributed by atoms with E-state index in [1.165, 1.54) is 24.1 Å². The molecule has 1 aromatic carbocycles. The molecule has 0 radical (unpaired) electrons. The summed E-state index contributed by atoms with van der Waals surface area (Å²) in [6.07, 6.45) is 1.79. The number of amides is 1. The Morgan fingerprint density at radius 1 is 1.28 bits per heavy atom. The van der Waals surface area contributed by atoms with Crippen molar-refractivity contribution in [2.24, 2.45) is 0 Å². The summed E-state index contributed by atoms with van der Waals surface area (Å²) in [6.45, 7) is 10.5. The molecule has 1 fully saturated rings. The Bertz CT molecular complexity index is 533. The predicted molar refractivity (Wildman–Crippen MR) is 106 cm³/mol. The summed E-state index contributed by atoms with van der Waals surface area (Å²) in [5.41, 5.74) is 1.37. The largest absolute Gasteiger partial charge is 0.453 e. The molecule has 1 saturated heterocycles. The van der Waals surface area contributed by atoms with Crippen molar-refractivity contribution in [1.29, 1.82) is 0 Å². The van der Waals surface area contributed by atoms with Gasteiger partial charge in [0, 0.05) is 42.9 Å². The molecule has 1 aliphatic rings. The van der Waals surface area contributed by atoms with E-state index in [1.807, 2.05) is 11.8 Å². The Hall–Kier alpha value is -1.40. The van der Waals surface area contributed by atoms with Crippen LogP contribution in [0.3, 0.4) is 0 Å². The third-order valence-corrected chi connectivity index (χ3v) is 5.92. The van der Waals surface area contributed by atoms with Crippen LogP contribution in [0.1, 0.15) is 26.7 Å². The van der Waals surface area contributed by atoms with Gasteiger partial charge < -0.3 is 15.0 Å². The van der Waals surface area contributed by atoms with Gasteiger partial charge in [0.1, 0.15) is 0 Å². The molecule has 0 spiro atoms. The van der Waals surface area contributed by atoms with Crippen LogP contribution in [0.2, 0.25) is 0 Å². The molecule has 1 aromatic rings. The average Bonchev–Trinajstić information content (AvgIpc) is 2.66. The molecule has 140 valence electrons. The van der Waals surface area contributed by atoms with Gasteiger partial charge in [-0.15, -0.1) is 11.8 Å². The molecular weight excluding hydrogens is 334 g/mol. The minimum Gasteiger partial charge on any atom is -0.453 e. The average molecular weight is 366 g/mol. The molecule has 0 aliphatic carbocycles. The van der Waals surface area contributed by atoms with Gasteiger partial charge in [0.05, 0.1) is 12.8 Å². The maximum atomic E-state index is 11.0. The number of carbonyl (C=O) groups excluding carboxylic acids is 1. The molecule has 5 nitrogen and oxygen atoms in total. The van der Waals surface area contributed by atoms with E-state index in [0.717, 1.165) is 39.1 Å². The van der Waals surface area contributed by atoms with Crippen LogP contribution in [0.25, 0.3) is 0 Å². The number of benzene rings is 1. The van der Waals surface area contributed by atoms with E-state index >= 15 is 0 Å². The topological polar surface area (TPSA) is 44.8 Å². The first-order valence-corrected chi connectivity index (χ1v) is 10.1. The van der Waals surface area contributed by atoms with Gasteiger partial charge in [-0.1, -0.05) is 26.0 Å². The maximum absolute atomic E-state index is 11.0. The molecule has 6 heteroatoms. The highest BCUT2D eigenvalue weighted by molar-refractivity contribution is 8.00. The van der Waals surface area contributed by atoms with Gasteiger partial charge in [0.15, 0.2) is 0 Å². The number of alkyl carbamates (subject to hydrolysis) is 1. The zero-order chi connectivity index (χ0) is 18.1. The fourth-order valence-electron chi connectivity index (χ4n) is 2.90. The highest BCUT2D eigenvalue weighted by Gasteiger charge is 2.19. The molecule has 0 bridgehead atoms. The first kappa shape index (κ1) is 19.9. The van der Waals surface area contributed by atoms with E-state index < -0.39 is 0 Å². The second kappa shape index (κ2) is 10.6. The van der Waals surface area contributed by atoms with Crippen LogP contribution in [0.15, 0.2) is 29.2 Å². The van der Waals surface area contributed by atoms with E-state index in [4.69, 9.17) is 0 Å². The Morgan fingerprint density at radius 3 is 2.68 bits per heavy atom. The number of methoxy groups -OCH3 is 1. The first-order valence-electron chi connectivity index (χ1n) is 9.18. The molecular formula is C19H31N3O2S. The second-order valence-corrected chi connectivity index (χ2v) is 7.89. The fraction of sp³-hybridized carbons (Fsp3) is 0.632. The molecule has 1 amide bonds. The minimum atomic E-state index is -0.347. The summed E-state index contributed by atoms with van der Waals surface area (Å²) in [5.74, 6) is 0. The maximum Gasteiger partial charge on any atom is 0.406 e. The smallest absolute Gasteiger partial charge is 0.406 e. The van der Waals surface area contributed by atoms with Crippen molar-refractivity contribution in [2.45, 2.75) is 36.8 Å². The summed E-state index contributed by atoms with van der Waals surface area (Å²) in [6, 6.07) is 8.78. The van der Waals surface area contributed by atoms with Crippen molar-refractivity contribution < 1.29 is 9.53 Å². The number of carbonyl (C=O) groups is 1. The number of hydrogen-bond donors (Lipinski definition) is 1. The van der Waals surface area contributed by atoms with Crippen LogP contribution in [0.4, 0.5) is 10.5 Å². The van der Waals surface area contributed by atoms with Gasteiger partial charge in [-0.2, -0.15) is 0 Å². The number of ether oxygens (including phenoxy) is 1. The first-order chi connectivity index (χ1) is 12.1. The predicted octanol–water partition coefficient (Wildman–Crippen LogP) is 3.45. The van der Waals surface area contributed by atoms with Crippen molar-refractivity contribution in [1.82, 2.24) is 10.2 Å². The molecule has 0 unspecified atom stereocenters. The summed E-state index contributed by atoms with van der Waals surface area (Å²) < 4.78 is 4.58. The number of thioether (sulfide) groups is 1. The lowest BCUT2D eigenvalue weighted by Crippen LogP contribution is -2.47. The molecule has 1 N–H and O–H groups in total. The Labute approximate surface area is 156 Å². The van der Waals surface area contributed by atoms with Crippen LogP contribution >= 0.6 is 11.8 Å². The van der Waals surface area contributed by atoms with Gasteiger partial charge in [0.25, 0.3) is 0 Å². The number of para-hydroxylation sites is 1. The molecule has 1 heterocycles. The standard InChI is InChI=1S/C19H31N3O2S/c1-4-16(2)25-18-9-6-5-8-17(18)22-14-12-21(13-15-22)11-7-10-20-19(23)24-3/h5-6,8-9,16H,4,7,10-15H2,1-3H3,(H,20,23)/t16-/m0/s1. The number of nitrogens with zero attached hydrogens (tertiary/aromatic N) is 2. The van der Waals surface area contributed by atoms with Crippen molar-refractivity contribution >= 4 is 23.5 Å². The van der Waals surface area contributed by atoms with Gasteiger partial charge in [-0.25, -0.2) is 4.79 Å². The van der Waals surface area contributed by atoms with Gasteiger partial charge in [0.2, 0.25) is 0 Å². The Balaban J connectivity index is 1.79. The quantitative estimate of drug-likeness (QED) is 0.565. The van der Waals surface area contributed by atoms with E-state index in [-0.39, 0.29) is 6.09 Å². The monoisotopic (exact) mass is 365 g/mol. The van der Waals surface area contributed by atoms with Crippen molar-refractivity contribution in [2.75, 3.05) is 51.3 Å². The van der Waals surface area contributed by atoms with Crippen LogP contribution in [-0.2, 0) is 4.74 Å². The highest BCUT2D eigenvalue weighted by Crippen LogP contribution is 2.34. The minimum absolute atomic E-state index is 0.347. The van der Waals surface area contributed by atoms with Crippen molar-refractivity contribution in [3.05, 3.63) is 24.3 Å². The molecule has 25 heavy (non-hydrogen) atoms. The van der Waals surface area contributed by atoms with E-state index in [2.05, 4.69) is 58.0 Å². The summed E-state index contributed by atoms with van der Waals surface area (Å²) in [4.78, 5) is 17.4. The van der Waals surface area contributed by atoms with Crippen molar-refractivity contribution in [3.63, 3.8) is 0 Å². The number of piperazine rings is 1. The van der Waals surface area contributed by atoms with Crippen LogP contribution < -0.4 is 10.2 Å². The zero-order valence-corrected chi connectivity index (χ0v) is 16.5. The number of anilines is 1. The lowest BCUT2D eigenvalue weighted by molar-refractivity contribution is 0.170. The Kier molecular flexibility index (Phi) is 8.41. The lowest BCUT2D eigenvalue weighted by atomic mass is 10.2. The number of rotatable bonds is 8. The third kappa shape index (κ3) is 6.44. The van der Waals surface area contributed by atoms with Gasteiger partial charge in [-0.3, -0.25) is 4.90 Å². The molecule has 1 aliphatic heterocycles. The van der Waals surface area contributed by atoms with Gasteiger partial charge in [-0.05, 0) is 31.5 Å². The SMILES string of the molecule is CC[C@H](C)Sc1ccccc1N1CCN(CCCNC(=O)OC)CC1. The van der Waals surface area contributed by atoms with Crippen LogP contribution in [0.5, 0.6) is 0 Å². The second-order valence-electron chi connectivity index (χ2n) is 6.41. The zero-order valence-electron chi connectivity index (χ0n) is 15.7. The van der Waals surface area contributed by atoms with Crippen LogP contribution in [0, 0.1) is 0 Å².